The highest BCUT2D eigenvalue weighted by atomic mass is 79.9. The first-order chi connectivity index (χ1) is 9.12. The number of methoxy groups -OCH3 is 1. The zero-order valence-electron chi connectivity index (χ0n) is 10.7. The Balaban J connectivity index is 2.28. The van der Waals surface area contributed by atoms with Crippen molar-refractivity contribution in [1.82, 2.24) is 0 Å². The van der Waals surface area contributed by atoms with Crippen molar-refractivity contribution in [1.29, 1.82) is 5.26 Å². The lowest BCUT2D eigenvalue weighted by atomic mass is 10.1. The van der Waals surface area contributed by atoms with Crippen LogP contribution in [0, 0.1) is 18.3 Å². The Morgan fingerprint density at radius 1 is 1.16 bits per heavy atom. The van der Waals surface area contributed by atoms with Gasteiger partial charge in [-0.15, -0.1) is 0 Å². The van der Waals surface area contributed by atoms with Crippen molar-refractivity contribution in [2.45, 2.75) is 6.92 Å². The Morgan fingerprint density at radius 3 is 2.58 bits per heavy atom. The second kappa shape index (κ2) is 5.77. The van der Waals surface area contributed by atoms with E-state index >= 15 is 0 Å². The standard InChI is InChI=1S/C15H13BrN2O/c1-10-5-13(4-3-11(10)9-17)18-14-6-12(16)7-15(8-14)19-2/h3-8,18H,1-2H3. The Labute approximate surface area is 121 Å². The van der Waals surface area contributed by atoms with Crippen molar-refractivity contribution >= 4 is 27.3 Å². The van der Waals surface area contributed by atoms with E-state index < -0.39 is 0 Å². The van der Waals surface area contributed by atoms with E-state index in [0.717, 1.165) is 27.2 Å². The monoisotopic (exact) mass is 316 g/mol. The lowest BCUT2D eigenvalue weighted by Crippen LogP contribution is -1.93. The molecule has 0 saturated carbocycles. The Morgan fingerprint density at radius 2 is 1.95 bits per heavy atom. The Kier molecular flexibility index (Phi) is 4.08. The van der Waals surface area contributed by atoms with Crippen LogP contribution in [0.1, 0.15) is 11.1 Å². The molecule has 96 valence electrons. The zero-order valence-corrected chi connectivity index (χ0v) is 12.3. The third-order valence-corrected chi connectivity index (χ3v) is 3.20. The van der Waals surface area contributed by atoms with Crippen molar-refractivity contribution in [3.63, 3.8) is 0 Å². The van der Waals surface area contributed by atoms with Gasteiger partial charge in [0.25, 0.3) is 0 Å². The summed E-state index contributed by atoms with van der Waals surface area (Å²) in [7, 11) is 1.64. The van der Waals surface area contributed by atoms with Gasteiger partial charge in [0, 0.05) is 21.9 Å². The molecule has 0 radical (unpaired) electrons. The molecule has 0 unspecified atom stereocenters. The Bertz CT molecular complexity index is 647. The highest BCUT2D eigenvalue weighted by Gasteiger charge is 2.02. The molecule has 0 atom stereocenters. The molecule has 0 aromatic heterocycles. The maximum Gasteiger partial charge on any atom is 0.122 e. The predicted octanol–water partition coefficient (Wildman–Crippen LogP) is 4.38. The van der Waals surface area contributed by atoms with Gasteiger partial charge in [-0.3, -0.25) is 0 Å². The molecule has 3 nitrogen and oxygen atoms in total. The van der Waals surface area contributed by atoms with Crippen LogP contribution in [-0.4, -0.2) is 7.11 Å². The highest BCUT2D eigenvalue weighted by molar-refractivity contribution is 9.10. The van der Waals surface area contributed by atoms with Crippen LogP contribution < -0.4 is 10.1 Å². The van der Waals surface area contributed by atoms with Gasteiger partial charge < -0.3 is 10.1 Å². The molecule has 0 spiro atoms. The molecular formula is C15H13BrN2O. The summed E-state index contributed by atoms with van der Waals surface area (Å²) in [6.45, 7) is 1.92. The van der Waals surface area contributed by atoms with Crippen LogP contribution in [0.2, 0.25) is 0 Å². The van der Waals surface area contributed by atoms with Crippen molar-refractivity contribution < 1.29 is 4.74 Å². The summed E-state index contributed by atoms with van der Waals surface area (Å²) in [5.41, 5.74) is 3.51. The fourth-order valence-electron chi connectivity index (χ4n) is 1.79. The van der Waals surface area contributed by atoms with E-state index in [1.807, 2.05) is 43.3 Å². The first-order valence-electron chi connectivity index (χ1n) is 5.75. The van der Waals surface area contributed by atoms with Gasteiger partial charge in [-0.1, -0.05) is 15.9 Å². The lowest BCUT2D eigenvalue weighted by Gasteiger charge is -2.10. The van der Waals surface area contributed by atoms with E-state index in [1.54, 1.807) is 7.11 Å². The molecule has 0 bridgehead atoms. The number of rotatable bonds is 3. The van der Waals surface area contributed by atoms with E-state index in [1.165, 1.54) is 0 Å². The Hall–Kier alpha value is -1.99. The van der Waals surface area contributed by atoms with E-state index in [-0.39, 0.29) is 0 Å². The number of halogens is 1. The summed E-state index contributed by atoms with van der Waals surface area (Å²) in [6, 6.07) is 13.6. The molecule has 1 N–H and O–H groups in total. The number of hydrogen-bond donors (Lipinski definition) is 1. The van der Waals surface area contributed by atoms with Crippen molar-refractivity contribution in [3.8, 4) is 11.8 Å². The third kappa shape index (κ3) is 3.27. The molecule has 0 saturated heterocycles. The van der Waals surface area contributed by atoms with Crippen LogP contribution >= 0.6 is 15.9 Å². The van der Waals surface area contributed by atoms with Gasteiger partial charge in [0.1, 0.15) is 5.75 Å². The normalized spacial score (nSPS) is 9.79. The quantitative estimate of drug-likeness (QED) is 0.913. The number of nitrogens with zero attached hydrogens (tertiary/aromatic N) is 1. The fraction of sp³-hybridized carbons (Fsp3) is 0.133. The molecule has 2 rings (SSSR count). The van der Waals surface area contributed by atoms with E-state index in [4.69, 9.17) is 10.00 Å². The van der Waals surface area contributed by atoms with Crippen molar-refractivity contribution in [3.05, 3.63) is 52.0 Å². The zero-order chi connectivity index (χ0) is 13.8. The van der Waals surface area contributed by atoms with Crippen molar-refractivity contribution in [2.24, 2.45) is 0 Å². The van der Waals surface area contributed by atoms with Crippen LogP contribution in [0.4, 0.5) is 11.4 Å². The molecule has 2 aromatic rings. The maximum atomic E-state index is 8.91. The number of benzene rings is 2. The van der Waals surface area contributed by atoms with Crippen LogP contribution in [0.3, 0.4) is 0 Å². The average molecular weight is 317 g/mol. The fourth-order valence-corrected chi connectivity index (χ4v) is 2.26. The predicted molar refractivity (Wildman–Crippen MR) is 79.9 cm³/mol. The maximum absolute atomic E-state index is 8.91. The van der Waals surface area contributed by atoms with Gasteiger partial charge in [0.15, 0.2) is 0 Å². The minimum atomic E-state index is 0.692. The molecule has 4 heteroatoms. The molecule has 0 amide bonds. The lowest BCUT2D eigenvalue weighted by molar-refractivity contribution is 0.415. The molecule has 19 heavy (non-hydrogen) atoms. The van der Waals surface area contributed by atoms with Gasteiger partial charge in [-0.05, 0) is 42.8 Å². The van der Waals surface area contributed by atoms with Crippen LogP contribution in [0.25, 0.3) is 0 Å². The SMILES string of the molecule is COc1cc(Br)cc(Nc2ccc(C#N)c(C)c2)c1. The first-order valence-corrected chi connectivity index (χ1v) is 6.54. The van der Waals surface area contributed by atoms with Gasteiger partial charge in [-0.2, -0.15) is 5.26 Å². The molecular weight excluding hydrogens is 304 g/mol. The van der Waals surface area contributed by atoms with Crippen LogP contribution in [-0.2, 0) is 0 Å². The molecule has 0 heterocycles. The number of anilines is 2. The van der Waals surface area contributed by atoms with Crippen LogP contribution in [0.5, 0.6) is 5.75 Å². The van der Waals surface area contributed by atoms with E-state index in [0.29, 0.717) is 5.56 Å². The van der Waals surface area contributed by atoms with E-state index in [2.05, 4.69) is 27.3 Å². The minimum Gasteiger partial charge on any atom is -0.497 e. The van der Waals surface area contributed by atoms with Crippen LogP contribution in [0.15, 0.2) is 40.9 Å². The number of aryl methyl sites for hydroxylation is 1. The smallest absolute Gasteiger partial charge is 0.122 e. The number of hydrogen-bond acceptors (Lipinski definition) is 3. The molecule has 0 aliphatic heterocycles. The van der Waals surface area contributed by atoms with Crippen molar-refractivity contribution in [2.75, 3.05) is 12.4 Å². The summed E-state index contributed by atoms with van der Waals surface area (Å²) in [5.74, 6) is 0.780. The minimum absolute atomic E-state index is 0.692. The third-order valence-electron chi connectivity index (χ3n) is 2.74. The molecule has 0 aliphatic rings. The highest BCUT2D eigenvalue weighted by Crippen LogP contribution is 2.27. The van der Waals surface area contributed by atoms with Gasteiger partial charge in [0.05, 0.1) is 18.7 Å². The molecule has 0 fully saturated rings. The van der Waals surface area contributed by atoms with Gasteiger partial charge >= 0.3 is 0 Å². The second-order valence-corrected chi connectivity index (χ2v) is 5.06. The summed E-state index contributed by atoms with van der Waals surface area (Å²) in [5, 5.41) is 12.2. The molecule has 2 aromatic carbocycles. The summed E-state index contributed by atoms with van der Waals surface area (Å²) in [6.07, 6.45) is 0. The van der Waals surface area contributed by atoms with Gasteiger partial charge in [0.2, 0.25) is 0 Å². The largest absolute Gasteiger partial charge is 0.497 e. The summed E-state index contributed by atoms with van der Waals surface area (Å²) < 4.78 is 6.16. The van der Waals surface area contributed by atoms with Gasteiger partial charge in [-0.25, -0.2) is 0 Å². The number of nitrogens with one attached hydrogen (secondary N) is 1. The van der Waals surface area contributed by atoms with E-state index in [9.17, 15) is 0 Å². The average Bonchev–Trinajstić information content (AvgIpc) is 2.38. The summed E-state index contributed by atoms with van der Waals surface area (Å²) in [4.78, 5) is 0. The summed E-state index contributed by atoms with van der Waals surface area (Å²) >= 11 is 3.44. The topological polar surface area (TPSA) is 45.0 Å². The second-order valence-electron chi connectivity index (χ2n) is 4.15. The molecule has 0 aliphatic carbocycles. The first kappa shape index (κ1) is 13.4. The number of nitriles is 1. The number of ether oxygens (including phenoxy) is 1.